The number of benzene rings is 1. The summed E-state index contributed by atoms with van der Waals surface area (Å²) in [6.07, 6.45) is 3.19. The van der Waals surface area contributed by atoms with Gasteiger partial charge in [-0.3, -0.25) is 4.98 Å². The van der Waals surface area contributed by atoms with Crippen molar-refractivity contribution in [3.05, 3.63) is 52.1 Å². The second-order valence-corrected chi connectivity index (χ2v) is 4.97. The molecule has 0 aliphatic heterocycles. The molecule has 2 rings (SSSR count). The van der Waals surface area contributed by atoms with Crippen LogP contribution in [0.4, 0.5) is 4.39 Å². The van der Waals surface area contributed by atoms with E-state index in [2.05, 4.69) is 31.2 Å². The SMILES string of the molecule is CCNC(c1ccc(F)c(Br)c1)c1nccnc1OC. The molecule has 0 saturated carbocycles. The number of rotatable bonds is 5. The molecule has 0 saturated heterocycles. The van der Waals surface area contributed by atoms with Gasteiger partial charge in [0.25, 0.3) is 0 Å². The van der Waals surface area contributed by atoms with Gasteiger partial charge in [-0.05, 0) is 40.2 Å². The summed E-state index contributed by atoms with van der Waals surface area (Å²) in [7, 11) is 1.55. The van der Waals surface area contributed by atoms with Crippen molar-refractivity contribution in [3.8, 4) is 5.88 Å². The lowest BCUT2D eigenvalue weighted by Crippen LogP contribution is -2.24. The zero-order valence-electron chi connectivity index (χ0n) is 11.2. The highest BCUT2D eigenvalue weighted by molar-refractivity contribution is 9.10. The number of hydrogen-bond donors (Lipinski definition) is 1. The molecule has 0 radical (unpaired) electrons. The molecule has 1 aromatic heterocycles. The van der Waals surface area contributed by atoms with E-state index >= 15 is 0 Å². The Balaban J connectivity index is 2.47. The van der Waals surface area contributed by atoms with Gasteiger partial charge in [0, 0.05) is 12.4 Å². The number of nitrogens with one attached hydrogen (secondary N) is 1. The van der Waals surface area contributed by atoms with Crippen molar-refractivity contribution in [2.45, 2.75) is 13.0 Å². The zero-order valence-corrected chi connectivity index (χ0v) is 12.8. The molecular weight excluding hydrogens is 325 g/mol. The number of aromatic nitrogens is 2. The van der Waals surface area contributed by atoms with E-state index in [1.54, 1.807) is 31.6 Å². The molecule has 6 heteroatoms. The van der Waals surface area contributed by atoms with E-state index in [9.17, 15) is 4.39 Å². The predicted molar refractivity (Wildman–Crippen MR) is 78.2 cm³/mol. The summed E-state index contributed by atoms with van der Waals surface area (Å²) in [5.74, 6) is 0.161. The van der Waals surface area contributed by atoms with Gasteiger partial charge >= 0.3 is 0 Å². The first-order chi connectivity index (χ1) is 9.67. The van der Waals surface area contributed by atoms with Crippen LogP contribution < -0.4 is 10.1 Å². The van der Waals surface area contributed by atoms with Gasteiger partial charge < -0.3 is 10.1 Å². The number of ether oxygens (including phenoxy) is 1. The third kappa shape index (κ3) is 3.13. The third-order valence-corrected chi connectivity index (χ3v) is 3.45. The summed E-state index contributed by atoms with van der Waals surface area (Å²) in [4.78, 5) is 8.49. The minimum Gasteiger partial charge on any atom is -0.480 e. The van der Waals surface area contributed by atoms with E-state index in [1.165, 1.54) is 6.07 Å². The van der Waals surface area contributed by atoms with Crippen molar-refractivity contribution in [3.63, 3.8) is 0 Å². The van der Waals surface area contributed by atoms with Crippen LogP contribution in [0.2, 0.25) is 0 Å². The highest BCUT2D eigenvalue weighted by atomic mass is 79.9. The average Bonchev–Trinajstić information content (AvgIpc) is 2.48. The summed E-state index contributed by atoms with van der Waals surface area (Å²) in [6.45, 7) is 2.73. The van der Waals surface area contributed by atoms with Crippen LogP contribution in [0.15, 0.2) is 35.1 Å². The molecule has 1 unspecified atom stereocenters. The van der Waals surface area contributed by atoms with Crippen molar-refractivity contribution in [1.29, 1.82) is 0 Å². The quantitative estimate of drug-likeness (QED) is 0.909. The van der Waals surface area contributed by atoms with Crippen LogP contribution in [0.5, 0.6) is 5.88 Å². The maximum Gasteiger partial charge on any atom is 0.237 e. The standard InChI is InChI=1S/C14H15BrFN3O/c1-3-17-12(9-4-5-11(16)10(15)8-9)13-14(20-2)19-7-6-18-13/h4-8,12,17H,3H2,1-2H3. The Morgan fingerprint density at radius 2 is 2.10 bits per heavy atom. The fourth-order valence-electron chi connectivity index (χ4n) is 1.96. The molecule has 1 heterocycles. The third-order valence-electron chi connectivity index (χ3n) is 2.84. The summed E-state index contributed by atoms with van der Waals surface area (Å²) in [6, 6.07) is 4.67. The van der Waals surface area contributed by atoms with Crippen LogP contribution >= 0.6 is 15.9 Å². The predicted octanol–water partition coefficient (Wildman–Crippen LogP) is 3.09. The fourth-order valence-corrected chi connectivity index (χ4v) is 2.36. The molecule has 0 aliphatic carbocycles. The number of halogens is 2. The number of hydrogen-bond acceptors (Lipinski definition) is 4. The maximum atomic E-state index is 13.4. The first-order valence-corrected chi connectivity index (χ1v) is 6.99. The van der Waals surface area contributed by atoms with Gasteiger partial charge in [0.15, 0.2) is 0 Å². The molecule has 1 aromatic carbocycles. The van der Waals surface area contributed by atoms with Crippen LogP contribution in [0.1, 0.15) is 24.2 Å². The summed E-state index contributed by atoms with van der Waals surface area (Å²) >= 11 is 3.20. The summed E-state index contributed by atoms with van der Waals surface area (Å²) in [5.41, 5.74) is 1.56. The lowest BCUT2D eigenvalue weighted by atomic mass is 10.0. The van der Waals surface area contributed by atoms with Crippen LogP contribution in [-0.4, -0.2) is 23.6 Å². The van der Waals surface area contributed by atoms with E-state index in [-0.39, 0.29) is 11.9 Å². The van der Waals surface area contributed by atoms with Crippen LogP contribution in [0, 0.1) is 5.82 Å². The van der Waals surface area contributed by atoms with Gasteiger partial charge in [0.2, 0.25) is 5.88 Å². The minimum atomic E-state index is -0.296. The van der Waals surface area contributed by atoms with Crippen molar-refractivity contribution in [1.82, 2.24) is 15.3 Å². The largest absolute Gasteiger partial charge is 0.480 e. The van der Waals surface area contributed by atoms with E-state index in [4.69, 9.17) is 4.74 Å². The number of nitrogens with zero attached hydrogens (tertiary/aromatic N) is 2. The molecular formula is C14H15BrFN3O. The summed E-state index contributed by atoms with van der Waals surface area (Å²) in [5, 5.41) is 3.31. The molecule has 4 nitrogen and oxygen atoms in total. The topological polar surface area (TPSA) is 47.0 Å². The van der Waals surface area contributed by atoms with Crippen LogP contribution in [0.25, 0.3) is 0 Å². The van der Waals surface area contributed by atoms with Crippen molar-refractivity contribution in [2.75, 3.05) is 13.7 Å². The van der Waals surface area contributed by atoms with Gasteiger partial charge in [-0.2, -0.15) is 0 Å². The Morgan fingerprint density at radius 1 is 1.35 bits per heavy atom. The van der Waals surface area contributed by atoms with Gasteiger partial charge in [-0.1, -0.05) is 13.0 Å². The second-order valence-electron chi connectivity index (χ2n) is 4.12. The Hall–Kier alpha value is -1.53. The molecule has 0 aliphatic rings. The molecule has 0 fully saturated rings. The van der Waals surface area contributed by atoms with E-state index in [1.807, 2.05) is 6.92 Å². The van der Waals surface area contributed by atoms with E-state index in [0.29, 0.717) is 16.0 Å². The average molecular weight is 340 g/mol. The lowest BCUT2D eigenvalue weighted by molar-refractivity contribution is 0.383. The fraction of sp³-hybridized carbons (Fsp3) is 0.286. The highest BCUT2D eigenvalue weighted by Crippen LogP contribution is 2.28. The zero-order chi connectivity index (χ0) is 14.5. The molecule has 2 aromatic rings. The van der Waals surface area contributed by atoms with Gasteiger partial charge in [-0.25, -0.2) is 9.37 Å². The Morgan fingerprint density at radius 3 is 2.75 bits per heavy atom. The van der Waals surface area contributed by atoms with Crippen molar-refractivity contribution < 1.29 is 9.13 Å². The monoisotopic (exact) mass is 339 g/mol. The Bertz CT molecular complexity index is 594. The van der Waals surface area contributed by atoms with Crippen molar-refractivity contribution >= 4 is 15.9 Å². The minimum absolute atomic E-state index is 0.208. The van der Waals surface area contributed by atoms with E-state index in [0.717, 1.165) is 12.1 Å². The van der Waals surface area contributed by atoms with Gasteiger partial charge in [-0.15, -0.1) is 0 Å². The molecule has 20 heavy (non-hydrogen) atoms. The van der Waals surface area contributed by atoms with Crippen molar-refractivity contribution in [2.24, 2.45) is 0 Å². The van der Waals surface area contributed by atoms with Gasteiger partial charge in [0.1, 0.15) is 11.5 Å². The first kappa shape index (κ1) is 14.9. The van der Waals surface area contributed by atoms with Crippen LogP contribution in [0.3, 0.4) is 0 Å². The van der Waals surface area contributed by atoms with E-state index < -0.39 is 0 Å². The highest BCUT2D eigenvalue weighted by Gasteiger charge is 2.20. The molecule has 0 bridgehead atoms. The molecule has 106 valence electrons. The number of methoxy groups -OCH3 is 1. The van der Waals surface area contributed by atoms with Crippen LogP contribution in [-0.2, 0) is 0 Å². The molecule has 0 amide bonds. The Kier molecular flexibility index (Phi) is 5.03. The second kappa shape index (κ2) is 6.76. The Labute approximate surface area is 125 Å². The molecule has 0 spiro atoms. The molecule has 1 N–H and O–H groups in total. The normalized spacial score (nSPS) is 12.2. The maximum absolute atomic E-state index is 13.4. The molecule has 1 atom stereocenters. The summed E-state index contributed by atoms with van der Waals surface area (Å²) < 4.78 is 19.0. The first-order valence-electron chi connectivity index (χ1n) is 6.20. The lowest BCUT2D eigenvalue weighted by Gasteiger charge is -2.19. The van der Waals surface area contributed by atoms with Gasteiger partial charge in [0.05, 0.1) is 17.6 Å². The smallest absolute Gasteiger partial charge is 0.237 e.